The molecule has 0 aliphatic carbocycles. The Balaban J connectivity index is 1.33. The largest absolute Gasteiger partial charge is 0.495 e. The van der Waals surface area contributed by atoms with Crippen LogP contribution in [0, 0.1) is 5.92 Å². The molecule has 2 aromatic carbocycles. The van der Waals surface area contributed by atoms with Gasteiger partial charge in [0.15, 0.2) is 0 Å². The molecular weight excluding hydrogens is 570 g/mol. The monoisotopic (exact) mass is 599 g/mol. The van der Waals surface area contributed by atoms with E-state index in [4.69, 9.17) is 21.1 Å². The van der Waals surface area contributed by atoms with Crippen LogP contribution in [0.15, 0.2) is 77.9 Å². The Bertz CT molecular complexity index is 1760. The van der Waals surface area contributed by atoms with Gasteiger partial charge in [0.05, 0.1) is 41.9 Å². The smallest absolute Gasteiger partial charge is 0.257 e. The van der Waals surface area contributed by atoms with Gasteiger partial charge in [-0.3, -0.25) is 19.4 Å². The third-order valence-corrected chi connectivity index (χ3v) is 8.27. The molecular formula is C32H30ClN5O5. The van der Waals surface area contributed by atoms with Crippen LogP contribution < -0.4 is 30.6 Å². The van der Waals surface area contributed by atoms with Crippen LogP contribution >= 0.6 is 11.6 Å². The van der Waals surface area contributed by atoms with Crippen molar-refractivity contribution < 1.29 is 19.1 Å². The molecule has 1 saturated heterocycles. The number of benzene rings is 2. The van der Waals surface area contributed by atoms with Gasteiger partial charge < -0.3 is 29.6 Å². The summed E-state index contributed by atoms with van der Waals surface area (Å²) >= 11 is 6.31. The maximum atomic E-state index is 13.5. The first-order valence-corrected chi connectivity index (χ1v) is 14.3. The van der Waals surface area contributed by atoms with Crippen molar-refractivity contribution in [1.29, 1.82) is 0 Å². The summed E-state index contributed by atoms with van der Waals surface area (Å²) in [7, 11) is 2.98. The first-order valence-electron chi connectivity index (χ1n) is 13.9. The van der Waals surface area contributed by atoms with Crippen molar-refractivity contribution in [3.05, 3.63) is 105 Å². The van der Waals surface area contributed by atoms with Gasteiger partial charge in [0.2, 0.25) is 0 Å². The van der Waals surface area contributed by atoms with Crippen LogP contribution in [-0.4, -0.2) is 48.7 Å². The third kappa shape index (κ3) is 5.65. The molecule has 0 unspecified atom stereocenters. The Kier molecular flexibility index (Phi) is 7.77. The minimum Gasteiger partial charge on any atom is -0.495 e. The second-order valence-corrected chi connectivity index (χ2v) is 11.1. The van der Waals surface area contributed by atoms with Crippen molar-refractivity contribution in [1.82, 2.24) is 9.55 Å². The number of ether oxygens (including phenoxy) is 2. The maximum absolute atomic E-state index is 13.5. The van der Waals surface area contributed by atoms with Crippen molar-refractivity contribution in [3.63, 3.8) is 0 Å². The first-order chi connectivity index (χ1) is 20.8. The quantitative estimate of drug-likeness (QED) is 0.306. The van der Waals surface area contributed by atoms with Gasteiger partial charge in [-0.2, -0.15) is 0 Å². The number of fused-ring (bicyclic) bond motifs is 4. The lowest BCUT2D eigenvalue weighted by Gasteiger charge is -2.44. The minimum atomic E-state index is -0.410. The predicted octanol–water partition coefficient (Wildman–Crippen LogP) is 5.04. The summed E-state index contributed by atoms with van der Waals surface area (Å²) in [6.45, 7) is 2.02. The Morgan fingerprint density at radius 3 is 2.44 bits per heavy atom. The number of aromatic nitrogens is 2. The van der Waals surface area contributed by atoms with Crippen molar-refractivity contribution in [2.24, 2.45) is 5.92 Å². The Morgan fingerprint density at radius 1 is 0.884 bits per heavy atom. The highest BCUT2D eigenvalue weighted by atomic mass is 35.5. The van der Waals surface area contributed by atoms with Crippen LogP contribution in [0.3, 0.4) is 0 Å². The average molecular weight is 600 g/mol. The fourth-order valence-electron chi connectivity index (χ4n) is 5.99. The van der Waals surface area contributed by atoms with E-state index < -0.39 is 5.91 Å². The highest BCUT2D eigenvalue weighted by Crippen LogP contribution is 2.40. The second-order valence-electron chi connectivity index (χ2n) is 10.7. The van der Waals surface area contributed by atoms with Crippen LogP contribution in [0.4, 0.5) is 17.1 Å². The van der Waals surface area contributed by atoms with E-state index in [9.17, 15) is 14.4 Å². The van der Waals surface area contributed by atoms with Gasteiger partial charge >= 0.3 is 0 Å². The molecule has 2 N–H and O–H groups in total. The van der Waals surface area contributed by atoms with Crippen LogP contribution in [0.5, 0.6) is 11.5 Å². The molecule has 2 bridgehead atoms. The summed E-state index contributed by atoms with van der Waals surface area (Å²) in [5.74, 6) is 0.481. The molecule has 2 aliphatic rings. The summed E-state index contributed by atoms with van der Waals surface area (Å²) in [5, 5.41) is 6.18. The lowest BCUT2D eigenvalue weighted by atomic mass is 9.83. The molecule has 1 fully saturated rings. The van der Waals surface area contributed by atoms with E-state index in [-0.39, 0.29) is 23.3 Å². The SMILES string of the molecule is COc1cc(OC)c(NC(=O)c2ccc(N3C[C@H]4C[C@@H](C3)c3cccc(=O)n3C4)c(NC(=O)c3cccnc3)c2)cc1Cl. The summed E-state index contributed by atoms with van der Waals surface area (Å²) in [6.07, 6.45) is 4.08. The summed E-state index contributed by atoms with van der Waals surface area (Å²) in [5.41, 5.74) is 3.43. The van der Waals surface area contributed by atoms with Gasteiger partial charge in [0.25, 0.3) is 17.4 Å². The molecule has 0 saturated carbocycles. The van der Waals surface area contributed by atoms with Crippen LogP contribution in [0.2, 0.25) is 5.02 Å². The molecule has 220 valence electrons. The molecule has 10 nitrogen and oxygen atoms in total. The number of hydrogen-bond donors (Lipinski definition) is 2. The lowest BCUT2D eigenvalue weighted by molar-refractivity contribution is 0.101. The average Bonchev–Trinajstić information content (AvgIpc) is 3.02. The number of methoxy groups -OCH3 is 2. The number of piperidine rings is 1. The first kappa shape index (κ1) is 28.3. The van der Waals surface area contributed by atoms with Gasteiger partial charge in [0, 0.05) is 61.3 Å². The molecule has 4 heterocycles. The highest BCUT2D eigenvalue weighted by molar-refractivity contribution is 6.32. The molecule has 0 radical (unpaired) electrons. The number of anilines is 3. The van der Waals surface area contributed by atoms with Crippen LogP contribution in [0.1, 0.15) is 38.7 Å². The topological polar surface area (TPSA) is 115 Å². The van der Waals surface area contributed by atoms with Crippen molar-refractivity contribution >= 4 is 40.5 Å². The maximum Gasteiger partial charge on any atom is 0.257 e. The molecule has 43 heavy (non-hydrogen) atoms. The van der Waals surface area contributed by atoms with E-state index in [0.29, 0.717) is 58.7 Å². The number of nitrogens with zero attached hydrogens (tertiary/aromatic N) is 3. The van der Waals surface area contributed by atoms with Crippen molar-refractivity contribution in [3.8, 4) is 11.5 Å². The number of carbonyl (C=O) groups excluding carboxylic acids is 2. The molecule has 2 aromatic heterocycles. The number of halogens is 1. The van der Waals surface area contributed by atoms with Crippen LogP contribution in [-0.2, 0) is 6.54 Å². The molecule has 0 spiro atoms. The standard InChI is InChI=1S/C32H30ClN5O5/c1-42-28-14-29(43-2)25(13-23(28)33)36-31(40)20-8-9-27(24(12-20)35-32(41)21-5-4-10-34-15-21)37-16-19-11-22(18-37)26-6-3-7-30(39)38(26)17-19/h3-10,12-15,19,22H,11,16-18H2,1-2H3,(H,35,41)(H,36,40)/t19-,22+/m1/s1. The summed E-state index contributed by atoms with van der Waals surface area (Å²) < 4.78 is 12.6. The molecule has 11 heteroatoms. The predicted molar refractivity (Wildman–Crippen MR) is 165 cm³/mol. The number of rotatable bonds is 7. The summed E-state index contributed by atoms with van der Waals surface area (Å²) in [6, 6.07) is 17.2. The van der Waals surface area contributed by atoms with E-state index in [0.717, 1.165) is 17.8 Å². The van der Waals surface area contributed by atoms with E-state index >= 15 is 0 Å². The van der Waals surface area contributed by atoms with E-state index in [2.05, 4.69) is 20.5 Å². The number of hydrogen-bond acceptors (Lipinski definition) is 7. The number of nitrogens with one attached hydrogen (secondary N) is 2. The Morgan fingerprint density at radius 2 is 1.67 bits per heavy atom. The molecule has 2 amide bonds. The van der Waals surface area contributed by atoms with Gasteiger partial charge in [-0.25, -0.2) is 0 Å². The highest BCUT2D eigenvalue weighted by Gasteiger charge is 2.35. The summed E-state index contributed by atoms with van der Waals surface area (Å²) in [4.78, 5) is 45.5. The van der Waals surface area contributed by atoms with Gasteiger partial charge in [-0.15, -0.1) is 0 Å². The normalized spacial score (nSPS) is 17.0. The van der Waals surface area contributed by atoms with Crippen molar-refractivity contribution in [2.45, 2.75) is 18.9 Å². The van der Waals surface area contributed by atoms with Gasteiger partial charge in [0.1, 0.15) is 11.5 Å². The number of pyridine rings is 2. The number of carbonyl (C=O) groups is 2. The van der Waals surface area contributed by atoms with Crippen molar-refractivity contribution in [2.75, 3.05) is 42.8 Å². The molecule has 4 aromatic rings. The van der Waals surface area contributed by atoms with E-state index in [1.54, 1.807) is 48.7 Å². The molecule has 2 aliphatic heterocycles. The van der Waals surface area contributed by atoms with E-state index in [1.807, 2.05) is 22.8 Å². The Labute approximate surface area is 253 Å². The van der Waals surface area contributed by atoms with Crippen LogP contribution in [0.25, 0.3) is 0 Å². The minimum absolute atomic E-state index is 0.0233. The van der Waals surface area contributed by atoms with E-state index in [1.165, 1.54) is 20.4 Å². The second kappa shape index (κ2) is 11.8. The van der Waals surface area contributed by atoms with Gasteiger partial charge in [-0.05, 0) is 54.8 Å². The molecule has 2 atom stereocenters. The zero-order chi connectivity index (χ0) is 30.1. The zero-order valence-electron chi connectivity index (χ0n) is 23.7. The lowest BCUT2D eigenvalue weighted by Crippen LogP contribution is -2.47. The number of amides is 2. The van der Waals surface area contributed by atoms with Gasteiger partial charge in [-0.1, -0.05) is 17.7 Å². The fourth-order valence-corrected chi connectivity index (χ4v) is 6.23. The fraction of sp³-hybridized carbons (Fsp3) is 0.250. The Hall–Kier alpha value is -4.83. The molecule has 6 rings (SSSR count). The third-order valence-electron chi connectivity index (χ3n) is 7.97. The zero-order valence-corrected chi connectivity index (χ0v) is 24.4.